The number of nitrogens with two attached hydrogens (primary N) is 1. The molecular weight excluding hydrogens is 255 g/mol. The summed E-state index contributed by atoms with van der Waals surface area (Å²) in [5, 5.41) is 3.02. The highest BCUT2D eigenvalue weighted by Crippen LogP contribution is 2.31. The van der Waals surface area contributed by atoms with Crippen LogP contribution in [0, 0.1) is 5.92 Å². The molecule has 2 atom stereocenters. The Balaban J connectivity index is 2.83. The molecule has 19 heavy (non-hydrogen) atoms. The summed E-state index contributed by atoms with van der Waals surface area (Å²) in [5.41, 5.74) is 5.24. The van der Waals surface area contributed by atoms with E-state index in [0.717, 1.165) is 25.1 Å². The largest absolute Gasteiger partial charge is 0.433 e. The van der Waals surface area contributed by atoms with E-state index in [2.05, 4.69) is 24.1 Å². The summed E-state index contributed by atoms with van der Waals surface area (Å²) in [6.07, 6.45) is -1.50. The molecule has 0 bridgehead atoms. The number of hydrogen-bond acceptors (Lipinski definition) is 3. The first-order chi connectivity index (χ1) is 8.74. The van der Waals surface area contributed by atoms with Crippen LogP contribution in [0.4, 0.5) is 24.5 Å². The molecule has 1 aromatic rings. The molecule has 0 spiro atoms. The van der Waals surface area contributed by atoms with Crippen LogP contribution in [-0.4, -0.2) is 11.0 Å². The van der Waals surface area contributed by atoms with Crippen LogP contribution in [0.25, 0.3) is 0 Å². The lowest BCUT2D eigenvalue weighted by Gasteiger charge is -2.20. The average molecular weight is 275 g/mol. The van der Waals surface area contributed by atoms with Crippen LogP contribution in [-0.2, 0) is 6.18 Å². The van der Waals surface area contributed by atoms with Gasteiger partial charge in [-0.15, -0.1) is 0 Å². The van der Waals surface area contributed by atoms with Crippen molar-refractivity contribution in [3.63, 3.8) is 0 Å². The zero-order valence-corrected chi connectivity index (χ0v) is 11.4. The van der Waals surface area contributed by atoms with Crippen molar-refractivity contribution in [1.29, 1.82) is 0 Å². The first kappa shape index (κ1) is 15.6. The minimum atomic E-state index is -4.45. The lowest BCUT2D eigenvalue weighted by Crippen LogP contribution is -2.20. The second-order valence-corrected chi connectivity index (χ2v) is 4.95. The Morgan fingerprint density at radius 2 is 2.00 bits per heavy atom. The summed E-state index contributed by atoms with van der Waals surface area (Å²) in [5.74, 6) is 0.507. The maximum atomic E-state index is 12.6. The number of aromatic nitrogens is 1. The summed E-state index contributed by atoms with van der Waals surface area (Å²) < 4.78 is 37.7. The van der Waals surface area contributed by atoms with Crippen LogP contribution >= 0.6 is 0 Å². The molecule has 0 aliphatic carbocycles. The van der Waals surface area contributed by atoms with Crippen LogP contribution in [0.2, 0.25) is 0 Å². The molecule has 0 aliphatic rings. The first-order valence-corrected chi connectivity index (χ1v) is 6.33. The molecule has 1 aromatic heterocycles. The van der Waals surface area contributed by atoms with E-state index in [-0.39, 0.29) is 17.4 Å². The zero-order chi connectivity index (χ0) is 14.6. The van der Waals surface area contributed by atoms with Gasteiger partial charge in [-0.25, -0.2) is 4.98 Å². The number of nitrogen functional groups attached to an aromatic ring is 1. The van der Waals surface area contributed by atoms with Gasteiger partial charge in [-0.3, -0.25) is 0 Å². The van der Waals surface area contributed by atoms with Gasteiger partial charge < -0.3 is 11.1 Å². The van der Waals surface area contributed by atoms with E-state index in [1.165, 1.54) is 0 Å². The highest BCUT2D eigenvalue weighted by molar-refractivity contribution is 5.65. The third-order valence-corrected chi connectivity index (χ3v) is 3.08. The van der Waals surface area contributed by atoms with E-state index < -0.39 is 11.9 Å². The fraction of sp³-hybridized carbons (Fsp3) is 0.615. The summed E-state index contributed by atoms with van der Waals surface area (Å²) >= 11 is 0. The van der Waals surface area contributed by atoms with Crippen molar-refractivity contribution < 1.29 is 13.2 Å². The molecule has 3 N–H and O–H groups in total. The topological polar surface area (TPSA) is 50.9 Å². The highest BCUT2D eigenvalue weighted by atomic mass is 19.4. The second kappa shape index (κ2) is 6.12. The Morgan fingerprint density at radius 1 is 1.37 bits per heavy atom. The van der Waals surface area contributed by atoms with Gasteiger partial charge in [0.05, 0.1) is 17.6 Å². The average Bonchev–Trinajstić information content (AvgIpc) is 2.30. The van der Waals surface area contributed by atoms with Crippen LogP contribution in [0.5, 0.6) is 0 Å². The number of halogens is 3. The molecule has 1 heterocycles. The van der Waals surface area contributed by atoms with Crippen molar-refractivity contribution >= 4 is 11.4 Å². The van der Waals surface area contributed by atoms with Gasteiger partial charge in [0.15, 0.2) is 0 Å². The Kier molecular flexibility index (Phi) is 5.03. The Hall–Kier alpha value is -1.46. The predicted octanol–water partition coefficient (Wildman–Crippen LogP) is 3.92. The molecule has 0 fully saturated rings. The molecule has 6 heteroatoms. The van der Waals surface area contributed by atoms with Crippen LogP contribution in [0.1, 0.15) is 39.3 Å². The lowest BCUT2D eigenvalue weighted by molar-refractivity contribution is -0.141. The number of rotatable bonds is 5. The standard InChI is InChI=1S/C13H20F3N3/c1-4-8(2)5-9(3)19-11-6-12(13(14,15)16)18-7-10(11)17/h6-9H,4-5,17H2,1-3H3,(H,18,19). The third kappa shape index (κ3) is 4.61. The van der Waals surface area contributed by atoms with E-state index in [4.69, 9.17) is 5.73 Å². The number of pyridine rings is 1. The van der Waals surface area contributed by atoms with Crippen molar-refractivity contribution in [2.24, 2.45) is 5.92 Å². The summed E-state index contributed by atoms with van der Waals surface area (Å²) in [4.78, 5) is 3.30. The Morgan fingerprint density at radius 3 is 2.53 bits per heavy atom. The molecule has 0 aliphatic heterocycles. The van der Waals surface area contributed by atoms with Gasteiger partial charge in [0, 0.05) is 6.04 Å². The lowest BCUT2D eigenvalue weighted by atomic mass is 10.0. The van der Waals surface area contributed by atoms with E-state index in [9.17, 15) is 13.2 Å². The van der Waals surface area contributed by atoms with Gasteiger partial charge in [0.25, 0.3) is 0 Å². The van der Waals surface area contributed by atoms with Gasteiger partial charge in [0.2, 0.25) is 0 Å². The molecule has 0 radical (unpaired) electrons. The van der Waals surface area contributed by atoms with Crippen LogP contribution in [0.15, 0.2) is 12.3 Å². The van der Waals surface area contributed by atoms with Crippen molar-refractivity contribution in [2.75, 3.05) is 11.1 Å². The van der Waals surface area contributed by atoms with Crippen molar-refractivity contribution in [3.8, 4) is 0 Å². The molecule has 1 rings (SSSR count). The van der Waals surface area contributed by atoms with E-state index in [1.807, 2.05) is 6.92 Å². The molecule has 2 unspecified atom stereocenters. The first-order valence-electron chi connectivity index (χ1n) is 6.33. The maximum Gasteiger partial charge on any atom is 0.433 e. The third-order valence-electron chi connectivity index (χ3n) is 3.08. The molecule has 108 valence electrons. The van der Waals surface area contributed by atoms with Crippen molar-refractivity contribution in [2.45, 2.75) is 45.8 Å². The molecular formula is C13H20F3N3. The minimum absolute atomic E-state index is 0.0562. The van der Waals surface area contributed by atoms with E-state index in [1.54, 1.807) is 0 Å². The molecule has 0 aromatic carbocycles. The van der Waals surface area contributed by atoms with Gasteiger partial charge in [0.1, 0.15) is 5.69 Å². The molecule has 3 nitrogen and oxygen atoms in total. The molecule has 0 amide bonds. The van der Waals surface area contributed by atoms with Gasteiger partial charge in [-0.2, -0.15) is 13.2 Å². The van der Waals surface area contributed by atoms with E-state index >= 15 is 0 Å². The van der Waals surface area contributed by atoms with Crippen molar-refractivity contribution in [3.05, 3.63) is 18.0 Å². The quantitative estimate of drug-likeness (QED) is 0.856. The predicted molar refractivity (Wildman–Crippen MR) is 70.8 cm³/mol. The second-order valence-electron chi connectivity index (χ2n) is 4.95. The SMILES string of the molecule is CCC(C)CC(C)Nc1cc(C(F)(F)F)ncc1N. The number of hydrogen-bond donors (Lipinski definition) is 2. The molecule has 0 saturated carbocycles. The Bertz CT molecular complexity index is 418. The highest BCUT2D eigenvalue weighted by Gasteiger charge is 2.33. The number of alkyl halides is 3. The smallest absolute Gasteiger partial charge is 0.396 e. The van der Waals surface area contributed by atoms with Crippen molar-refractivity contribution in [1.82, 2.24) is 4.98 Å². The van der Waals surface area contributed by atoms with E-state index in [0.29, 0.717) is 5.92 Å². The van der Waals surface area contributed by atoms with Gasteiger partial charge in [-0.1, -0.05) is 20.3 Å². The minimum Gasteiger partial charge on any atom is -0.396 e. The normalized spacial score (nSPS) is 15.1. The number of nitrogens with zero attached hydrogens (tertiary/aromatic N) is 1. The monoisotopic (exact) mass is 275 g/mol. The molecule has 0 saturated heterocycles. The zero-order valence-electron chi connectivity index (χ0n) is 11.4. The maximum absolute atomic E-state index is 12.6. The summed E-state index contributed by atoms with van der Waals surface area (Å²) in [6, 6.07) is 1.02. The van der Waals surface area contributed by atoms with Gasteiger partial charge >= 0.3 is 6.18 Å². The number of nitrogens with one attached hydrogen (secondary N) is 1. The summed E-state index contributed by atoms with van der Waals surface area (Å²) in [6.45, 7) is 6.12. The van der Waals surface area contributed by atoms with Crippen LogP contribution < -0.4 is 11.1 Å². The number of anilines is 2. The van der Waals surface area contributed by atoms with Crippen LogP contribution in [0.3, 0.4) is 0 Å². The van der Waals surface area contributed by atoms with Gasteiger partial charge in [-0.05, 0) is 25.3 Å². The fourth-order valence-corrected chi connectivity index (χ4v) is 1.84. The summed E-state index contributed by atoms with van der Waals surface area (Å²) in [7, 11) is 0. The Labute approximate surface area is 111 Å². The fourth-order valence-electron chi connectivity index (χ4n) is 1.84.